The number of hydrogen-bond donors (Lipinski definition) is 0. The fourth-order valence-electron chi connectivity index (χ4n) is 1.79. The van der Waals surface area contributed by atoms with Crippen LogP contribution in [0.3, 0.4) is 0 Å². The highest BCUT2D eigenvalue weighted by atomic mass is 16.7. The first-order chi connectivity index (χ1) is 8.10. The van der Waals surface area contributed by atoms with Crippen molar-refractivity contribution < 1.29 is 19.3 Å². The molecule has 0 aromatic heterocycles. The van der Waals surface area contributed by atoms with Gasteiger partial charge in [-0.1, -0.05) is 0 Å². The van der Waals surface area contributed by atoms with E-state index in [4.69, 9.17) is 9.57 Å². The smallest absolute Gasteiger partial charge is 0.270 e. The SMILES string of the molecule is COC1C(=O)c2cc([N+](=O)[O-])ccc2N1OC. The first kappa shape index (κ1) is 11.5. The molecule has 0 spiro atoms. The Kier molecular flexibility index (Phi) is 2.78. The number of ketones is 1. The van der Waals surface area contributed by atoms with Crippen LogP contribution in [-0.4, -0.2) is 31.2 Å². The molecule has 2 rings (SSSR count). The lowest BCUT2D eigenvalue weighted by Crippen LogP contribution is -2.35. The fraction of sp³-hybridized carbons (Fsp3) is 0.300. The van der Waals surface area contributed by atoms with E-state index < -0.39 is 11.2 Å². The first-order valence-electron chi connectivity index (χ1n) is 4.79. The maximum atomic E-state index is 11.9. The van der Waals surface area contributed by atoms with E-state index in [1.807, 2.05) is 0 Å². The molecule has 0 aliphatic carbocycles. The second kappa shape index (κ2) is 4.11. The highest BCUT2D eigenvalue weighted by Crippen LogP contribution is 2.34. The summed E-state index contributed by atoms with van der Waals surface area (Å²) < 4.78 is 4.99. The normalized spacial score (nSPS) is 18.4. The lowest BCUT2D eigenvalue weighted by Gasteiger charge is -2.21. The summed E-state index contributed by atoms with van der Waals surface area (Å²) in [6.45, 7) is 0. The van der Waals surface area contributed by atoms with Gasteiger partial charge in [-0.25, -0.2) is 5.06 Å². The number of hydrogen-bond acceptors (Lipinski definition) is 6. The number of nitrogens with zero attached hydrogens (tertiary/aromatic N) is 2. The quantitative estimate of drug-likeness (QED) is 0.580. The molecule has 1 heterocycles. The fourth-order valence-corrected chi connectivity index (χ4v) is 1.79. The Labute approximate surface area is 96.6 Å². The van der Waals surface area contributed by atoms with Crippen molar-refractivity contribution in [3.05, 3.63) is 33.9 Å². The van der Waals surface area contributed by atoms with E-state index in [0.717, 1.165) is 0 Å². The lowest BCUT2D eigenvalue weighted by atomic mass is 10.1. The molecule has 1 aliphatic heterocycles. The number of methoxy groups -OCH3 is 1. The molecule has 1 atom stereocenters. The first-order valence-corrected chi connectivity index (χ1v) is 4.79. The molecule has 17 heavy (non-hydrogen) atoms. The Morgan fingerprint density at radius 1 is 1.41 bits per heavy atom. The third-order valence-electron chi connectivity index (χ3n) is 2.55. The van der Waals surface area contributed by atoms with Gasteiger partial charge in [0.05, 0.1) is 23.3 Å². The largest absolute Gasteiger partial charge is 0.352 e. The predicted octanol–water partition coefficient (Wildman–Crippen LogP) is 1.13. The minimum absolute atomic E-state index is 0.134. The van der Waals surface area contributed by atoms with Crippen LogP contribution >= 0.6 is 0 Å². The lowest BCUT2D eigenvalue weighted by molar-refractivity contribution is -0.384. The minimum Gasteiger partial charge on any atom is -0.352 e. The number of nitro benzene ring substituents is 1. The predicted molar refractivity (Wildman–Crippen MR) is 57.7 cm³/mol. The van der Waals surface area contributed by atoms with Gasteiger partial charge in [0.2, 0.25) is 12.0 Å². The van der Waals surface area contributed by atoms with Crippen LogP contribution in [0.5, 0.6) is 0 Å². The van der Waals surface area contributed by atoms with Crippen LogP contribution in [0.1, 0.15) is 10.4 Å². The molecule has 1 unspecified atom stereocenters. The second-order valence-electron chi connectivity index (χ2n) is 3.42. The van der Waals surface area contributed by atoms with Gasteiger partial charge in [0.1, 0.15) is 0 Å². The van der Waals surface area contributed by atoms with E-state index >= 15 is 0 Å². The summed E-state index contributed by atoms with van der Waals surface area (Å²) in [6.07, 6.45) is -0.892. The van der Waals surface area contributed by atoms with Crippen LogP contribution in [0.15, 0.2) is 18.2 Å². The number of nitro groups is 1. The molecule has 1 aromatic rings. The molecule has 90 valence electrons. The zero-order chi connectivity index (χ0) is 12.6. The third-order valence-corrected chi connectivity index (χ3v) is 2.55. The number of hydroxylamine groups is 1. The zero-order valence-electron chi connectivity index (χ0n) is 9.25. The summed E-state index contributed by atoms with van der Waals surface area (Å²) in [5.41, 5.74) is 0.563. The molecule has 0 fully saturated rings. The average Bonchev–Trinajstić information content (AvgIpc) is 2.60. The van der Waals surface area contributed by atoms with Gasteiger partial charge in [0, 0.05) is 19.2 Å². The number of fused-ring (bicyclic) bond motifs is 1. The molecular formula is C10H10N2O5. The monoisotopic (exact) mass is 238 g/mol. The number of rotatable bonds is 3. The Balaban J connectivity index is 2.51. The van der Waals surface area contributed by atoms with Gasteiger partial charge in [-0.05, 0) is 6.07 Å². The van der Waals surface area contributed by atoms with E-state index in [9.17, 15) is 14.9 Å². The average molecular weight is 238 g/mol. The summed E-state index contributed by atoms with van der Waals surface area (Å²) in [6, 6.07) is 4.01. The molecule has 0 bridgehead atoms. The molecule has 1 aromatic carbocycles. The number of non-ortho nitro benzene ring substituents is 1. The van der Waals surface area contributed by atoms with Gasteiger partial charge in [0.15, 0.2) is 0 Å². The summed E-state index contributed by atoms with van der Waals surface area (Å²) in [4.78, 5) is 27.0. The van der Waals surface area contributed by atoms with Crippen LogP contribution < -0.4 is 5.06 Å². The van der Waals surface area contributed by atoms with Gasteiger partial charge in [-0.2, -0.15) is 0 Å². The van der Waals surface area contributed by atoms with Crippen molar-refractivity contribution >= 4 is 17.2 Å². The molecule has 0 radical (unpaired) electrons. The number of benzene rings is 1. The summed E-state index contributed by atoms with van der Waals surface area (Å²) in [5, 5.41) is 11.9. The van der Waals surface area contributed by atoms with Crippen LogP contribution in [0.2, 0.25) is 0 Å². The molecular weight excluding hydrogens is 228 g/mol. The zero-order valence-corrected chi connectivity index (χ0v) is 9.25. The third kappa shape index (κ3) is 1.65. The number of anilines is 1. The van der Waals surface area contributed by atoms with E-state index in [1.54, 1.807) is 0 Å². The van der Waals surface area contributed by atoms with Crippen molar-refractivity contribution in [2.24, 2.45) is 0 Å². The van der Waals surface area contributed by atoms with Gasteiger partial charge in [-0.15, -0.1) is 0 Å². The highest BCUT2D eigenvalue weighted by Gasteiger charge is 2.39. The second-order valence-corrected chi connectivity index (χ2v) is 3.42. The number of ether oxygens (including phenoxy) is 1. The van der Waals surface area contributed by atoms with E-state index in [-0.39, 0.29) is 17.0 Å². The van der Waals surface area contributed by atoms with Gasteiger partial charge < -0.3 is 4.74 Å². The van der Waals surface area contributed by atoms with Crippen LogP contribution in [0.4, 0.5) is 11.4 Å². The molecule has 1 aliphatic rings. The Morgan fingerprint density at radius 2 is 2.12 bits per heavy atom. The molecule has 7 nitrogen and oxygen atoms in total. The molecule has 0 saturated heterocycles. The van der Waals surface area contributed by atoms with E-state index in [1.165, 1.54) is 37.5 Å². The maximum Gasteiger partial charge on any atom is 0.270 e. The van der Waals surface area contributed by atoms with Crippen molar-refractivity contribution in [2.45, 2.75) is 6.23 Å². The van der Waals surface area contributed by atoms with Gasteiger partial charge in [-0.3, -0.25) is 19.7 Å². The van der Waals surface area contributed by atoms with E-state index in [0.29, 0.717) is 5.69 Å². The van der Waals surface area contributed by atoms with Crippen molar-refractivity contribution in [1.29, 1.82) is 0 Å². The van der Waals surface area contributed by atoms with Gasteiger partial charge >= 0.3 is 0 Å². The van der Waals surface area contributed by atoms with Crippen LogP contribution in [0.25, 0.3) is 0 Å². The molecule has 0 saturated carbocycles. The minimum atomic E-state index is -0.892. The van der Waals surface area contributed by atoms with Crippen molar-refractivity contribution in [3.63, 3.8) is 0 Å². The molecule has 0 N–H and O–H groups in total. The van der Waals surface area contributed by atoms with Crippen molar-refractivity contribution in [2.75, 3.05) is 19.3 Å². The van der Waals surface area contributed by atoms with Gasteiger partial charge in [0.25, 0.3) is 5.69 Å². The molecule has 0 amide bonds. The Bertz CT molecular complexity index is 488. The van der Waals surface area contributed by atoms with Crippen LogP contribution in [-0.2, 0) is 9.57 Å². The summed E-state index contributed by atoms with van der Waals surface area (Å²) in [5.74, 6) is -0.354. The van der Waals surface area contributed by atoms with Crippen LogP contribution in [0, 0.1) is 10.1 Å². The number of carbonyl (C=O) groups excluding carboxylic acids is 1. The number of carbonyl (C=O) groups is 1. The standard InChI is InChI=1S/C10H10N2O5/c1-16-10-9(13)7-5-6(12(14)15)3-4-8(7)11(10)17-2/h3-5,10H,1-2H3. The molecule has 7 heteroatoms. The van der Waals surface area contributed by atoms with Crippen molar-refractivity contribution in [1.82, 2.24) is 0 Å². The van der Waals surface area contributed by atoms with Crippen molar-refractivity contribution in [3.8, 4) is 0 Å². The maximum absolute atomic E-state index is 11.9. The topological polar surface area (TPSA) is 81.9 Å². The number of Topliss-reactive ketones (excluding diaryl/α,β-unsaturated/α-hetero) is 1. The Hall–Kier alpha value is -1.99. The van der Waals surface area contributed by atoms with E-state index in [2.05, 4.69) is 0 Å². The highest BCUT2D eigenvalue weighted by molar-refractivity contribution is 6.10. The summed E-state index contributed by atoms with van der Waals surface area (Å²) >= 11 is 0. The Morgan fingerprint density at radius 3 is 2.65 bits per heavy atom. The summed E-state index contributed by atoms with van der Waals surface area (Å²) in [7, 11) is 2.77.